The predicted octanol–water partition coefficient (Wildman–Crippen LogP) is 1.39. The average Bonchev–Trinajstić information content (AvgIpc) is 2.94. The molecule has 0 radical (unpaired) electrons. The molecule has 2 aliphatic rings. The van der Waals surface area contributed by atoms with Crippen LogP contribution in [0.5, 0.6) is 0 Å². The number of nitrogens with zero attached hydrogens (tertiary/aromatic N) is 1. The van der Waals surface area contributed by atoms with Gasteiger partial charge in [0.2, 0.25) is 5.91 Å². The highest BCUT2D eigenvalue weighted by molar-refractivity contribution is 5.76. The van der Waals surface area contributed by atoms with E-state index in [9.17, 15) is 4.79 Å². The van der Waals surface area contributed by atoms with Crippen LogP contribution in [0.2, 0.25) is 0 Å². The molecular formula is C12H22N2O. The van der Waals surface area contributed by atoms with E-state index in [1.165, 1.54) is 25.7 Å². The van der Waals surface area contributed by atoms with E-state index in [1.54, 1.807) is 0 Å². The van der Waals surface area contributed by atoms with E-state index in [4.69, 9.17) is 0 Å². The Hall–Kier alpha value is -0.570. The summed E-state index contributed by atoms with van der Waals surface area (Å²) >= 11 is 0. The van der Waals surface area contributed by atoms with Gasteiger partial charge in [-0.1, -0.05) is 13.3 Å². The number of hydrogen-bond acceptors (Lipinski definition) is 2. The molecule has 1 saturated carbocycles. The Balaban J connectivity index is 1.62. The lowest BCUT2D eigenvalue weighted by molar-refractivity contribution is -0.130. The van der Waals surface area contributed by atoms with Crippen molar-refractivity contribution in [2.75, 3.05) is 19.6 Å². The number of hydrogen-bond donors (Lipinski definition) is 1. The van der Waals surface area contributed by atoms with E-state index in [0.717, 1.165) is 31.6 Å². The van der Waals surface area contributed by atoms with Crippen LogP contribution in [0.25, 0.3) is 0 Å². The van der Waals surface area contributed by atoms with Crippen LogP contribution in [-0.4, -0.2) is 36.5 Å². The fourth-order valence-electron chi connectivity index (χ4n) is 2.22. The smallest absolute Gasteiger partial charge is 0.223 e. The normalized spacial score (nSPS) is 25.9. The van der Waals surface area contributed by atoms with Crippen LogP contribution < -0.4 is 5.32 Å². The van der Waals surface area contributed by atoms with Crippen LogP contribution >= 0.6 is 0 Å². The highest BCUT2D eigenvalue weighted by atomic mass is 16.2. The second-order valence-electron chi connectivity index (χ2n) is 4.88. The third kappa shape index (κ3) is 3.20. The summed E-state index contributed by atoms with van der Waals surface area (Å²) in [5.41, 5.74) is 0. The molecule has 1 aliphatic heterocycles. The standard InChI is InChI=1S/C12H22N2O/c1-2-10-6-8-14(9-10)12(15)5-7-13-11-3-4-11/h10-11,13H,2-9H2,1H3. The monoisotopic (exact) mass is 210 g/mol. The molecule has 3 heteroatoms. The molecule has 0 aromatic rings. The van der Waals surface area contributed by atoms with Crippen LogP contribution in [0.1, 0.15) is 39.0 Å². The average molecular weight is 210 g/mol. The summed E-state index contributed by atoms with van der Waals surface area (Å²) in [6.07, 6.45) is 5.71. The van der Waals surface area contributed by atoms with Crippen molar-refractivity contribution in [3.05, 3.63) is 0 Å². The summed E-state index contributed by atoms with van der Waals surface area (Å²) in [7, 11) is 0. The van der Waals surface area contributed by atoms with E-state index in [1.807, 2.05) is 4.90 Å². The SMILES string of the molecule is CCC1CCN(C(=O)CCNC2CC2)C1. The van der Waals surface area contributed by atoms with Gasteiger partial charge in [0.05, 0.1) is 0 Å². The zero-order valence-corrected chi connectivity index (χ0v) is 9.67. The van der Waals surface area contributed by atoms with E-state index in [0.29, 0.717) is 12.3 Å². The molecule has 1 N–H and O–H groups in total. The van der Waals surface area contributed by atoms with Crippen LogP contribution in [0.15, 0.2) is 0 Å². The molecule has 2 fully saturated rings. The molecule has 0 spiro atoms. The molecular weight excluding hydrogens is 188 g/mol. The molecule has 1 unspecified atom stereocenters. The van der Waals surface area contributed by atoms with Crippen molar-refractivity contribution < 1.29 is 4.79 Å². The maximum absolute atomic E-state index is 11.8. The molecule has 1 saturated heterocycles. The number of rotatable bonds is 5. The molecule has 15 heavy (non-hydrogen) atoms. The molecule has 1 atom stereocenters. The van der Waals surface area contributed by atoms with Gasteiger partial charge in [0.1, 0.15) is 0 Å². The Morgan fingerprint density at radius 1 is 1.40 bits per heavy atom. The van der Waals surface area contributed by atoms with E-state index >= 15 is 0 Å². The topological polar surface area (TPSA) is 32.3 Å². The maximum Gasteiger partial charge on any atom is 0.223 e. The van der Waals surface area contributed by atoms with E-state index in [2.05, 4.69) is 12.2 Å². The highest BCUT2D eigenvalue weighted by Crippen LogP contribution is 2.20. The van der Waals surface area contributed by atoms with Gasteiger partial charge >= 0.3 is 0 Å². The van der Waals surface area contributed by atoms with Gasteiger partial charge in [0.25, 0.3) is 0 Å². The second kappa shape index (κ2) is 4.97. The molecule has 1 aliphatic carbocycles. The summed E-state index contributed by atoms with van der Waals surface area (Å²) in [5, 5.41) is 3.39. The molecule has 86 valence electrons. The van der Waals surface area contributed by atoms with Gasteiger partial charge in [0, 0.05) is 32.1 Å². The zero-order chi connectivity index (χ0) is 10.7. The summed E-state index contributed by atoms with van der Waals surface area (Å²) in [5.74, 6) is 1.10. The first-order valence-corrected chi connectivity index (χ1v) is 6.30. The van der Waals surface area contributed by atoms with Crippen molar-refractivity contribution in [2.45, 2.75) is 45.1 Å². The van der Waals surface area contributed by atoms with Crippen molar-refractivity contribution in [3.63, 3.8) is 0 Å². The van der Waals surface area contributed by atoms with Crippen molar-refractivity contribution in [3.8, 4) is 0 Å². The number of nitrogens with one attached hydrogen (secondary N) is 1. The first-order valence-electron chi connectivity index (χ1n) is 6.30. The zero-order valence-electron chi connectivity index (χ0n) is 9.67. The summed E-state index contributed by atoms with van der Waals surface area (Å²) < 4.78 is 0. The Morgan fingerprint density at radius 2 is 2.20 bits per heavy atom. The summed E-state index contributed by atoms with van der Waals surface area (Å²) in [4.78, 5) is 13.8. The van der Waals surface area contributed by atoms with Crippen molar-refractivity contribution in [1.29, 1.82) is 0 Å². The quantitative estimate of drug-likeness (QED) is 0.743. The first-order chi connectivity index (χ1) is 7.29. The number of carbonyl (C=O) groups is 1. The summed E-state index contributed by atoms with van der Waals surface area (Å²) in [6.45, 7) is 5.07. The van der Waals surface area contributed by atoms with Crippen LogP contribution in [0.4, 0.5) is 0 Å². The molecule has 0 aromatic carbocycles. The lowest BCUT2D eigenvalue weighted by Crippen LogP contribution is -2.31. The summed E-state index contributed by atoms with van der Waals surface area (Å²) in [6, 6.07) is 0.722. The van der Waals surface area contributed by atoms with Gasteiger partial charge < -0.3 is 10.2 Å². The first kappa shape index (κ1) is 10.9. The van der Waals surface area contributed by atoms with Gasteiger partial charge in [-0.15, -0.1) is 0 Å². The minimum absolute atomic E-state index is 0.346. The largest absolute Gasteiger partial charge is 0.342 e. The molecule has 1 amide bonds. The number of amides is 1. The van der Waals surface area contributed by atoms with Crippen LogP contribution in [-0.2, 0) is 4.79 Å². The van der Waals surface area contributed by atoms with E-state index in [-0.39, 0.29) is 0 Å². The fourth-order valence-corrected chi connectivity index (χ4v) is 2.22. The third-order valence-electron chi connectivity index (χ3n) is 3.57. The van der Waals surface area contributed by atoms with Crippen LogP contribution in [0, 0.1) is 5.92 Å². The Morgan fingerprint density at radius 3 is 2.80 bits per heavy atom. The fraction of sp³-hybridized carbons (Fsp3) is 0.917. The minimum atomic E-state index is 0.346. The molecule has 3 nitrogen and oxygen atoms in total. The lowest BCUT2D eigenvalue weighted by atomic mass is 10.1. The molecule has 0 bridgehead atoms. The predicted molar refractivity (Wildman–Crippen MR) is 60.6 cm³/mol. The molecule has 2 rings (SSSR count). The van der Waals surface area contributed by atoms with Crippen molar-refractivity contribution in [1.82, 2.24) is 10.2 Å². The Bertz CT molecular complexity index is 226. The van der Waals surface area contributed by atoms with Crippen molar-refractivity contribution >= 4 is 5.91 Å². The second-order valence-corrected chi connectivity index (χ2v) is 4.88. The number of carbonyl (C=O) groups excluding carboxylic acids is 1. The molecule has 0 aromatic heterocycles. The van der Waals surface area contributed by atoms with Crippen molar-refractivity contribution in [2.24, 2.45) is 5.92 Å². The minimum Gasteiger partial charge on any atom is -0.342 e. The maximum atomic E-state index is 11.8. The Kier molecular flexibility index (Phi) is 3.62. The molecule has 1 heterocycles. The Labute approximate surface area is 92.2 Å². The lowest BCUT2D eigenvalue weighted by Gasteiger charge is -2.16. The third-order valence-corrected chi connectivity index (χ3v) is 3.57. The highest BCUT2D eigenvalue weighted by Gasteiger charge is 2.25. The van der Waals surface area contributed by atoms with Gasteiger partial charge in [-0.25, -0.2) is 0 Å². The van der Waals surface area contributed by atoms with Gasteiger partial charge in [-0.2, -0.15) is 0 Å². The van der Waals surface area contributed by atoms with Gasteiger partial charge in [0.15, 0.2) is 0 Å². The van der Waals surface area contributed by atoms with Gasteiger partial charge in [-0.3, -0.25) is 4.79 Å². The van der Waals surface area contributed by atoms with Gasteiger partial charge in [-0.05, 0) is 25.2 Å². The number of likely N-dealkylation sites (tertiary alicyclic amines) is 1. The van der Waals surface area contributed by atoms with E-state index < -0.39 is 0 Å². The van der Waals surface area contributed by atoms with Crippen LogP contribution in [0.3, 0.4) is 0 Å².